The minimum atomic E-state index is 0.467. The minimum absolute atomic E-state index is 0.467. The first-order valence-electron chi connectivity index (χ1n) is 9.11. The molecule has 1 atom stereocenters. The van der Waals surface area contributed by atoms with Gasteiger partial charge >= 0.3 is 0 Å². The summed E-state index contributed by atoms with van der Waals surface area (Å²) in [5.41, 5.74) is 1.66. The molecule has 0 aliphatic carbocycles. The number of hydrogen-bond donors (Lipinski definition) is 0. The van der Waals surface area contributed by atoms with E-state index >= 15 is 0 Å². The van der Waals surface area contributed by atoms with Gasteiger partial charge in [-0.05, 0) is 69.0 Å². The molecule has 24 heavy (non-hydrogen) atoms. The topological polar surface area (TPSA) is 32.5 Å². The highest BCUT2D eigenvalue weighted by Gasteiger charge is 2.41. The maximum atomic E-state index is 5.76. The first-order valence-corrected chi connectivity index (χ1v) is 9.11. The molecule has 0 saturated carbocycles. The molecular formula is C20H27N3O. The van der Waals surface area contributed by atoms with Crippen LogP contribution in [0.3, 0.4) is 0 Å². The zero-order valence-corrected chi connectivity index (χ0v) is 14.6. The van der Waals surface area contributed by atoms with E-state index in [-0.39, 0.29) is 0 Å². The molecule has 128 valence electrons. The Balaban J connectivity index is 1.36. The van der Waals surface area contributed by atoms with Crippen molar-refractivity contribution in [2.24, 2.45) is 5.41 Å². The molecule has 2 saturated heterocycles. The van der Waals surface area contributed by atoms with Crippen molar-refractivity contribution in [2.45, 2.75) is 39.3 Å². The molecule has 4 rings (SSSR count). The maximum Gasteiger partial charge on any atom is 0.118 e. The van der Waals surface area contributed by atoms with Gasteiger partial charge in [0.1, 0.15) is 11.5 Å². The lowest BCUT2D eigenvalue weighted by molar-refractivity contribution is 0.0849. The van der Waals surface area contributed by atoms with Gasteiger partial charge in [0.25, 0.3) is 0 Å². The molecule has 2 aliphatic rings. The lowest BCUT2D eigenvalue weighted by Gasteiger charge is -2.40. The molecule has 4 heterocycles. The van der Waals surface area contributed by atoms with E-state index in [0.29, 0.717) is 5.41 Å². The van der Waals surface area contributed by atoms with E-state index in [1.807, 2.05) is 19.2 Å². The lowest BCUT2D eigenvalue weighted by Crippen LogP contribution is -2.44. The van der Waals surface area contributed by atoms with Gasteiger partial charge in [-0.25, -0.2) is 0 Å². The normalized spacial score (nSPS) is 25.5. The average Bonchev–Trinajstić information content (AvgIpc) is 3.15. The summed E-state index contributed by atoms with van der Waals surface area (Å²) in [6.45, 7) is 8.76. The number of aryl methyl sites for hydroxylation is 1. The zero-order valence-electron chi connectivity index (χ0n) is 14.6. The van der Waals surface area contributed by atoms with Crippen molar-refractivity contribution < 1.29 is 4.42 Å². The van der Waals surface area contributed by atoms with Crippen molar-refractivity contribution in [3.8, 4) is 0 Å². The third-order valence-corrected chi connectivity index (χ3v) is 5.55. The first-order chi connectivity index (χ1) is 11.7. The summed E-state index contributed by atoms with van der Waals surface area (Å²) in [5.74, 6) is 2.11. The Kier molecular flexibility index (Phi) is 4.42. The van der Waals surface area contributed by atoms with Crippen molar-refractivity contribution in [3.63, 3.8) is 0 Å². The molecule has 4 nitrogen and oxygen atoms in total. The van der Waals surface area contributed by atoms with Crippen LogP contribution in [-0.2, 0) is 13.1 Å². The van der Waals surface area contributed by atoms with Gasteiger partial charge in [0.05, 0.1) is 12.2 Å². The summed E-state index contributed by atoms with van der Waals surface area (Å²) in [7, 11) is 0. The molecule has 0 amide bonds. The van der Waals surface area contributed by atoms with Gasteiger partial charge in [0.2, 0.25) is 0 Å². The summed E-state index contributed by atoms with van der Waals surface area (Å²) >= 11 is 0. The third kappa shape index (κ3) is 3.55. The highest BCUT2D eigenvalue weighted by atomic mass is 16.3. The van der Waals surface area contributed by atoms with E-state index in [0.717, 1.165) is 24.6 Å². The second-order valence-electron chi connectivity index (χ2n) is 7.61. The van der Waals surface area contributed by atoms with E-state index in [1.165, 1.54) is 51.1 Å². The summed E-state index contributed by atoms with van der Waals surface area (Å²) in [6.07, 6.45) is 5.88. The lowest BCUT2D eigenvalue weighted by atomic mass is 9.79. The van der Waals surface area contributed by atoms with Crippen molar-refractivity contribution >= 4 is 0 Å². The third-order valence-electron chi connectivity index (χ3n) is 5.55. The molecular weight excluding hydrogens is 298 g/mol. The molecule has 2 aliphatic heterocycles. The van der Waals surface area contributed by atoms with Crippen LogP contribution in [0.1, 0.15) is 36.5 Å². The number of hydrogen-bond acceptors (Lipinski definition) is 4. The largest absolute Gasteiger partial charge is 0.465 e. The van der Waals surface area contributed by atoms with Gasteiger partial charge in [-0.3, -0.25) is 14.8 Å². The maximum absolute atomic E-state index is 5.76. The van der Waals surface area contributed by atoms with Crippen LogP contribution in [0.15, 0.2) is 40.9 Å². The van der Waals surface area contributed by atoms with Crippen LogP contribution in [-0.4, -0.2) is 41.0 Å². The van der Waals surface area contributed by atoms with Gasteiger partial charge in [-0.1, -0.05) is 6.07 Å². The zero-order chi connectivity index (χ0) is 16.4. The van der Waals surface area contributed by atoms with Gasteiger partial charge in [-0.2, -0.15) is 0 Å². The molecule has 1 spiro atoms. The number of nitrogens with zero attached hydrogens (tertiary/aromatic N) is 3. The van der Waals surface area contributed by atoms with Crippen LogP contribution < -0.4 is 0 Å². The summed E-state index contributed by atoms with van der Waals surface area (Å²) in [5, 5.41) is 0. The molecule has 1 unspecified atom stereocenters. The molecule has 2 fully saturated rings. The summed E-state index contributed by atoms with van der Waals surface area (Å²) < 4.78 is 5.76. The fraction of sp³-hybridized carbons (Fsp3) is 0.550. The van der Waals surface area contributed by atoms with Crippen LogP contribution in [0.2, 0.25) is 0 Å². The van der Waals surface area contributed by atoms with Crippen molar-refractivity contribution in [1.82, 2.24) is 14.8 Å². The van der Waals surface area contributed by atoms with Gasteiger partial charge < -0.3 is 4.42 Å². The molecule has 2 aromatic rings. The Morgan fingerprint density at radius 1 is 1.04 bits per heavy atom. The second-order valence-corrected chi connectivity index (χ2v) is 7.61. The number of pyridine rings is 1. The predicted molar refractivity (Wildman–Crippen MR) is 94.5 cm³/mol. The summed E-state index contributed by atoms with van der Waals surface area (Å²) in [6, 6.07) is 10.4. The standard InChI is InChI=1S/C20H27N3O/c1-17-6-7-19(24-17)14-23-12-9-20(16-23)8-4-11-22(15-20)13-18-5-2-3-10-21-18/h2-3,5-7,10H,4,8-9,11-16H2,1H3. The second kappa shape index (κ2) is 6.69. The fourth-order valence-corrected chi connectivity index (χ4v) is 4.45. The number of piperidine rings is 1. The molecule has 0 bridgehead atoms. The Bertz CT molecular complexity index is 669. The molecule has 4 heteroatoms. The SMILES string of the molecule is Cc1ccc(CN2CCC3(CCCN(Cc4ccccn4)C3)C2)o1. The molecule has 0 N–H and O–H groups in total. The highest BCUT2D eigenvalue weighted by molar-refractivity contribution is 5.07. The number of furan rings is 1. The van der Waals surface area contributed by atoms with Crippen molar-refractivity contribution in [1.29, 1.82) is 0 Å². The highest BCUT2D eigenvalue weighted by Crippen LogP contribution is 2.39. The van der Waals surface area contributed by atoms with Crippen LogP contribution in [0.25, 0.3) is 0 Å². The van der Waals surface area contributed by atoms with E-state index in [9.17, 15) is 0 Å². The van der Waals surface area contributed by atoms with E-state index in [4.69, 9.17) is 4.42 Å². The number of likely N-dealkylation sites (tertiary alicyclic amines) is 2. The molecule has 2 aromatic heterocycles. The Morgan fingerprint density at radius 2 is 1.92 bits per heavy atom. The molecule has 0 radical (unpaired) electrons. The van der Waals surface area contributed by atoms with Crippen molar-refractivity contribution in [2.75, 3.05) is 26.2 Å². The van der Waals surface area contributed by atoms with Crippen molar-refractivity contribution in [3.05, 3.63) is 53.7 Å². The van der Waals surface area contributed by atoms with Crippen LogP contribution in [0.4, 0.5) is 0 Å². The Morgan fingerprint density at radius 3 is 2.67 bits per heavy atom. The Hall–Kier alpha value is -1.65. The number of aromatic nitrogens is 1. The van der Waals surface area contributed by atoms with E-state index < -0.39 is 0 Å². The van der Waals surface area contributed by atoms with Gasteiger partial charge in [0.15, 0.2) is 0 Å². The van der Waals surface area contributed by atoms with Crippen LogP contribution >= 0.6 is 0 Å². The summed E-state index contributed by atoms with van der Waals surface area (Å²) in [4.78, 5) is 9.67. The van der Waals surface area contributed by atoms with Crippen LogP contribution in [0.5, 0.6) is 0 Å². The molecule has 0 aromatic carbocycles. The fourth-order valence-electron chi connectivity index (χ4n) is 4.45. The average molecular weight is 325 g/mol. The smallest absolute Gasteiger partial charge is 0.118 e. The van der Waals surface area contributed by atoms with E-state index in [1.54, 1.807) is 0 Å². The van der Waals surface area contributed by atoms with Gasteiger partial charge in [0, 0.05) is 25.8 Å². The van der Waals surface area contributed by atoms with E-state index in [2.05, 4.69) is 39.0 Å². The number of rotatable bonds is 4. The van der Waals surface area contributed by atoms with Gasteiger partial charge in [-0.15, -0.1) is 0 Å². The monoisotopic (exact) mass is 325 g/mol. The minimum Gasteiger partial charge on any atom is -0.465 e. The quantitative estimate of drug-likeness (QED) is 0.862. The van der Waals surface area contributed by atoms with Crippen LogP contribution in [0, 0.1) is 12.3 Å². The first kappa shape index (κ1) is 15.9. The Labute approximate surface area is 144 Å². The predicted octanol–water partition coefficient (Wildman–Crippen LogP) is 3.47.